The van der Waals surface area contributed by atoms with Crippen LogP contribution in [0.4, 0.5) is 0 Å². The highest BCUT2D eigenvalue weighted by atomic mass is 35.5. The van der Waals surface area contributed by atoms with Crippen LogP contribution >= 0.6 is 11.6 Å². The highest BCUT2D eigenvalue weighted by molar-refractivity contribution is 6.35. The predicted molar refractivity (Wildman–Crippen MR) is 72.4 cm³/mol. The Kier molecular flexibility index (Phi) is 3.76. The minimum absolute atomic E-state index is 0.0977. The SMILES string of the molecule is CNC(=O)CNC(=O)c1oc2c(Cl)cccc2c1C. The van der Waals surface area contributed by atoms with Crippen molar-refractivity contribution in [2.75, 3.05) is 13.6 Å². The molecule has 2 aromatic rings. The first-order chi connectivity index (χ1) is 9.04. The lowest BCUT2D eigenvalue weighted by Gasteiger charge is -2.02. The van der Waals surface area contributed by atoms with Crippen molar-refractivity contribution in [3.63, 3.8) is 0 Å². The van der Waals surface area contributed by atoms with Gasteiger partial charge in [-0.05, 0) is 13.0 Å². The van der Waals surface area contributed by atoms with Crippen LogP contribution in [0.15, 0.2) is 22.6 Å². The highest BCUT2D eigenvalue weighted by Crippen LogP contribution is 2.30. The van der Waals surface area contributed by atoms with Gasteiger partial charge in [-0.2, -0.15) is 0 Å². The van der Waals surface area contributed by atoms with Crippen LogP contribution < -0.4 is 10.6 Å². The molecule has 1 aromatic carbocycles. The number of amides is 2. The maximum atomic E-state index is 11.9. The molecule has 6 heteroatoms. The fraction of sp³-hybridized carbons (Fsp3) is 0.231. The Labute approximate surface area is 114 Å². The first-order valence-electron chi connectivity index (χ1n) is 5.71. The van der Waals surface area contributed by atoms with E-state index in [4.69, 9.17) is 16.0 Å². The van der Waals surface area contributed by atoms with Crippen LogP contribution in [0, 0.1) is 6.92 Å². The van der Waals surface area contributed by atoms with Crippen molar-refractivity contribution in [1.82, 2.24) is 10.6 Å². The molecule has 0 bridgehead atoms. The zero-order valence-corrected chi connectivity index (χ0v) is 11.3. The monoisotopic (exact) mass is 280 g/mol. The second-order valence-corrected chi connectivity index (χ2v) is 4.44. The van der Waals surface area contributed by atoms with Gasteiger partial charge >= 0.3 is 0 Å². The van der Waals surface area contributed by atoms with Gasteiger partial charge in [-0.15, -0.1) is 0 Å². The zero-order chi connectivity index (χ0) is 14.0. The molecular weight excluding hydrogens is 268 g/mol. The summed E-state index contributed by atoms with van der Waals surface area (Å²) in [5.74, 6) is -0.541. The Bertz CT molecular complexity index is 649. The summed E-state index contributed by atoms with van der Waals surface area (Å²) in [5.41, 5.74) is 1.18. The van der Waals surface area contributed by atoms with E-state index >= 15 is 0 Å². The second kappa shape index (κ2) is 5.32. The predicted octanol–water partition coefficient (Wildman–Crippen LogP) is 1.87. The number of carbonyl (C=O) groups excluding carboxylic acids is 2. The van der Waals surface area contributed by atoms with Crippen molar-refractivity contribution in [2.45, 2.75) is 6.92 Å². The number of halogens is 1. The molecule has 0 fully saturated rings. The molecule has 2 N–H and O–H groups in total. The number of likely N-dealkylation sites (N-methyl/N-ethyl adjacent to an activating group) is 1. The molecule has 2 amide bonds. The van der Waals surface area contributed by atoms with Gasteiger partial charge in [-0.3, -0.25) is 9.59 Å². The lowest BCUT2D eigenvalue weighted by Crippen LogP contribution is -2.35. The number of aryl methyl sites for hydroxylation is 1. The fourth-order valence-corrected chi connectivity index (χ4v) is 1.97. The van der Waals surface area contributed by atoms with Crippen LogP contribution in [-0.2, 0) is 4.79 Å². The summed E-state index contributed by atoms with van der Waals surface area (Å²) in [7, 11) is 1.50. The van der Waals surface area contributed by atoms with Crippen molar-refractivity contribution < 1.29 is 14.0 Å². The Morgan fingerprint density at radius 2 is 2.11 bits per heavy atom. The number of rotatable bonds is 3. The van der Waals surface area contributed by atoms with Crippen LogP contribution in [0.1, 0.15) is 16.1 Å². The van der Waals surface area contributed by atoms with E-state index in [1.165, 1.54) is 7.05 Å². The van der Waals surface area contributed by atoms with Gasteiger partial charge in [0.15, 0.2) is 11.3 Å². The fourth-order valence-electron chi connectivity index (χ4n) is 1.75. The third kappa shape index (κ3) is 2.56. The molecule has 5 nitrogen and oxygen atoms in total. The van der Waals surface area contributed by atoms with E-state index < -0.39 is 5.91 Å². The number of fused-ring (bicyclic) bond motifs is 1. The standard InChI is InChI=1S/C13H13ClN2O3/c1-7-8-4-3-5-9(14)12(8)19-11(7)13(18)16-6-10(17)15-2/h3-5H,6H2,1-2H3,(H,15,17)(H,16,18). The molecular formula is C13H13ClN2O3. The van der Waals surface area contributed by atoms with Crippen molar-refractivity contribution in [2.24, 2.45) is 0 Å². The van der Waals surface area contributed by atoms with Gasteiger partial charge in [0.05, 0.1) is 11.6 Å². The average molecular weight is 281 g/mol. The second-order valence-electron chi connectivity index (χ2n) is 4.03. The van der Waals surface area contributed by atoms with E-state index in [-0.39, 0.29) is 18.2 Å². The molecule has 0 atom stereocenters. The van der Waals surface area contributed by atoms with Gasteiger partial charge in [0.1, 0.15) is 0 Å². The molecule has 0 radical (unpaired) electrons. The molecule has 0 aliphatic carbocycles. The van der Waals surface area contributed by atoms with Gasteiger partial charge in [-0.25, -0.2) is 0 Å². The molecule has 2 rings (SSSR count). The number of benzene rings is 1. The average Bonchev–Trinajstić information content (AvgIpc) is 2.75. The lowest BCUT2D eigenvalue weighted by molar-refractivity contribution is -0.119. The quantitative estimate of drug-likeness (QED) is 0.902. The molecule has 0 saturated carbocycles. The minimum atomic E-state index is -0.437. The lowest BCUT2D eigenvalue weighted by atomic mass is 10.1. The third-order valence-electron chi connectivity index (χ3n) is 2.81. The van der Waals surface area contributed by atoms with Gasteiger partial charge in [0, 0.05) is 18.0 Å². The Balaban J connectivity index is 2.30. The van der Waals surface area contributed by atoms with Crippen LogP contribution in [0.2, 0.25) is 5.02 Å². The first-order valence-corrected chi connectivity index (χ1v) is 6.08. The maximum Gasteiger partial charge on any atom is 0.287 e. The number of furan rings is 1. The smallest absolute Gasteiger partial charge is 0.287 e. The summed E-state index contributed by atoms with van der Waals surface area (Å²) in [5, 5.41) is 6.14. The number of hydrogen-bond acceptors (Lipinski definition) is 3. The van der Waals surface area contributed by atoms with E-state index in [0.29, 0.717) is 16.2 Å². The molecule has 1 heterocycles. The summed E-state index contributed by atoms with van der Waals surface area (Å²) in [6.07, 6.45) is 0. The largest absolute Gasteiger partial charge is 0.449 e. The van der Waals surface area contributed by atoms with Crippen LogP contribution in [0.5, 0.6) is 0 Å². The van der Waals surface area contributed by atoms with E-state index in [1.54, 1.807) is 19.1 Å². The molecule has 1 aromatic heterocycles. The number of nitrogens with one attached hydrogen (secondary N) is 2. The summed E-state index contributed by atoms with van der Waals surface area (Å²) >= 11 is 6.01. The van der Waals surface area contributed by atoms with E-state index in [2.05, 4.69) is 10.6 Å². The summed E-state index contributed by atoms with van der Waals surface area (Å²) in [4.78, 5) is 23.0. The molecule has 0 aliphatic heterocycles. The van der Waals surface area contributed by atoms with Gasteiger partial charge < -0.3 is 15.1 Å². The molecule has 0 saturated heterocycles. The number of para-hydroxylation sites is 1. The Hall–Kier alpha value is -2.01. The van der Waals surface area contributed by atoms with Crippen molar-refractivity contribution in [3.05, 3.63) is 34.5 Å². The van der Waals surface area contributed by atoms with Gasteiger partial charge in [0.25, 0.3) is 5.91 Å². The van der Waals surface area contributed by atoms with Crippen molar-refractivity contribution in [1.29, 1.82) is 0 Å². The molecule has 0 unspecified atom stereocenters. The normalized spacial score (nSPS) is 10.5. The van der Waals surface area contributed by atoms with Crippen LogP contribution in [0.3, 0.4) is 0 Å². The van der Waals surface area contributed by atoms with Crippen molar-refractivity contribution >= 4 is 34.4 Å². The maximum absolute atomic E-state index is 11.9. The van der Waals surface area contributed by atoms with Gasteiger partial charge in [-0.1, -0.05) is 23.7 Å². The third-order valence-corrected chi connectivity index (χ3v) is 3.11. The molecule has 100 valence electrons. The van der Waals surface area contributed by atoms with Crippen molar-refractivity contribution in [3.8, 4) is 0 Å². The molecule has 0 aliphatic rings. The molecule has 19 heavy (non-hydrogen) atoms. The van der Waals surface area contributed by atoms with Crippen LogP contribution in [-0.4, -0.2) is 25.4 Å². The Morgan fingerprint density at radius 1 is 1.37 bits per heavy atom. The van der Waals surface area contributed by atoms with E-state index in [0.717, 1.165) is 5.39 Å². The van der Waals surface area contributed by atoms with Crippen LogP contribution in [0.25, 0.3) is 11.0 Å². The first kappa shape index (κ1) is 13.4. The minimum Gasteiger partial charge on any atom is -0.449 e. The highest BCUT2D eigenvalue weighted by Gasteiger charge is 2.19. The van der Waals surface area contributed by atoms with E-state index in [9.17, 15) is 9.59 Å². The topological polar surface area (TPSA) is 71.3 Å². The van der Waals surface area contributed by atoms with Gasteiger partial charge in [0.2, 0.25) is 5.91 Å². The summed E-state index contributed by atoms with van der Waals surface area (Å²) < 4.78 is 5.48. The number of carbonyl (C=O) groups is 2. The summed E-state index contributed by atoms with van der Waals surface area (Å²) in [6, 6.07) is 5.31. The Morgan fingerprint density at radius 3 is 2.74 bits per heavy atom. The number of hydrogen-bond donors (Lipinski definition) is 2. The zero-order valence-electron chi connectivity index (χ0n) is 10.5. The summed E-state index contributed by atoms with van der Waals surface area (Å²) in [6.45, 7) is 1.68. The van der Waals surface area contributed by atoms with E-state index in [1.807, 2.05) is 6.07 Å². The molecule has 0 spiro atoms.